The number of furan rings is 1. The molecule has 10 rings (SSSR count). The Morgan fingerprint density at radius 3 is 1.88 bits per heavy atom. The fourth-order valence-corrected chi connectivity index (χ4v) is 7.97. The minimum Gasteiger partial charge on any atom is -0.456 e. The van der Waals surface area contributed by atoms with Crippen LogP contribution >= 0.6 is 11.3 Å². The molecule has 9 aromatic rings. The molecule has 0 spiro atoms. The van der Waals surface area contributed by atoms with Crippen molar-refractivity contribution in [1.82, 2.24) is 0 Å². The van der Waals surface area contributed by atoms with Gasteiger partial charge < -0.3 is 9.15 Å². The highest BCUT2D eigenvalue weighted by atomic mass is 32.1. The molecule has 1 aliphatic rings. The van der Waals surface area contributed by atoms with Gasteiger partial charge in [-0.05, 0) is 81.7 Å². The van der Waals surface area contributed by atoms with Crippen LogP contribution in [0.4, 0.5) is 0 Å². The molecule has 3 heteroatoms. The van der Waals surface area contributed by atoms with Gasteiger partial charge in [0, 0.05) is 41.9 Å². The van der Waals surface area contributed by atoms with E-state index in [4.69, 9.17) is 9.15 Å². The molecule has 0 unspecified atom stereocenters. The first-order chi connectivity index (χ1) is 21.3. The van der Waals surface area contributed by atoms with Crippen LogP contribution in [0.2, 0.25) is 0 Å². The minimum absolute atomic E-state index is 0.909. The molecule has 0 saturated heterocycles. The fourth-order valence-electron chi connectivity index (χ4n) is 6.79. The highest BCUT2D eigenvalue weighted by molar-refractivity contribution is 7.25. The van der Waals surface area contributed by atoms with Crippen molar-refractivity contribution in [3.05, 3.63) is 133 Å². The van der Waals surface area contributed by atoms with Crippen LogP contribution in [-0.4, -0.2) is 0 Å². The molecular weight excluding hydrogens is 545 g/mol. The van der Waals surface area contributed by atoms with Crippen LogP contribution in [0.25, 0.3) is 86.3 Å². The third kappa shape index (κ3) is 3.40. The van der Waals surface area contributed by atoms with E-state index in [-0.39, 0.29) is 0 Å². The molecule has 2 nitrogen and oxygen atoms in total. The summed E-state index contributed by atoms with van der Waals surface area (Å²) in [6.45, 7) is 0. The number of hydrogen-bond donors (Lipinski definition) is 0. The Morgan fingerprint density at radius 1 is 0.419 bits per heavy atom. The monoisotopic (exact) mass is 566 g/mol. The molecule has 0 amide bonds. The van der Waals surface area contributed by atoms with Crippen molar-refractivity contribution in [3.8, 4) is 44.9 Å². The van der Waals surface area contributed by atoms with Crippen LogP contribution in [0.15, 0.2) is 138 Å². The van der Waals surface area contributed by atoms with Gasteiger partial charge in [0.15, 0.2) is 0 Å². The average Bonchev–Trinajstić information content (AvgIpc) is 3.61. The molecule has 0 aliphatic carbocycles. The molecule has 43 heavy (non-hydrogen) atoms. The maximum absolute atomic E-state index is 6.33. The summed E-state index contributed by atoms with van der Waals surface area (Å²) in [4.78, 5) is 0. The molecule has 0 radical (unpaired) electrons. The zero-order valence-electron chi connectivity index (χ0n) is 22.9. The molecule has 2 aromatic heterocycles. The smallest absolute Gasteiger partial charge is 0.136 e. The van der Waals surface area contributed by atoms with E-state index < -0.39 is 0 Å². The standard InChI is InChI=1S/C40H22O2S/c1-2-9-34-28(7-1)29-15-11-25(20-37(29)42-34)27-13-17-31-30-16-12-26(21-38(30)43-39(31)22-27)24-14-18-35-33(19-24)32-8-3-5-23-6-4-10-36(41-35)40(23)32/h1-22H. The number of hydrogen-bond acceptors (Lipinski definition) is 3. The Balaban J connectivity index is 1.06. The fraction of sp³-hybridized carbons (Fsp3) is 0. The predicted octanol–water partition coefficient (Wildman–Crippen LogP) is 12.2. The molecule has 0 fully saturated rings. The third-order valence-corrected chi connectivity index (χ3v) is 9.99. The largest absolute Gasteiger partial charge is 0.456 e. The summed E-state index contributed by atoms with van der Waals surface area (Å²) >= 11 is 1.85. The summed E-state index contributed by atoms with van der Waals surface area (Å²) in [6, 6.07) is 47.8. The Kier molecular flexibility index (Phi) is 4.63. The van der Waals surface area contributed by atoms with Crippen molar-refractivity contribution in [1.29, 1.82) is 0 Å². The van der Waals surface area contributed by atoms with Crippen molar-refractivity contribution < 1.29 is 9.15 Å². The van der Waals surface area contributed by atoms with Crippen LogP contribution in [0, 0.1) is 0 Å². The molecular formula is C40H22O2S. The average molecular weight is 567 g/mol. The van der Waals surface area contributed by atoms with E-state index in [0.717, 1.165) is 39.0 Å². The van der Waals surface area contributed by atoms with Crippen LogP contribution in [0.1, 0.15) is 0 Å². The number of fused-ring (bicyclic) bond motifs is 8. The van der Waals surface area contributed by atoms with E-state index in [1.54, 1.807) is 0 Å². The molecule has 0 saturated carbocycles. The highest BCUT2D eigenvalue weighted by Crippen LogP contribution is 2.48. The van der Waals surface area contributed by atoms with Gasteiger partial charge in [-0.3, -0.25) is 0 Å². The van der Waals surface area contributed by atoms with E-state index in [2.05, 4.69) is 121 Å². The lowest BCUT2D eigenvalue weighted by atomic mass is 9.92. The second kappa shape index (κ2) is 8.57. The summed E-state index contributed by atoms with van der Waals surface area (Å²) in [5.41, 5.74) is 9.00. The Bertz CT molecular complexity index is 2600. The van der Waals surface area contributed by atoms with Gasteiger partial charge in [0.25, 0.3) is 0 Å². The zero-order chi connectivity index (χ0) is 28.1. The van der Waals surface area contributed by atoms with Crippen molar-refractivity contribution in [2.45, 2.75) is 0 Å². The van der Waals surface area contributed by atoms with Crippen LogP contribution in [0.3, 0.4) is 0 Å². The number of rotatable bonds is 2. The van der Waals surface area contributed by atoms with E-state index in [1.165, 1.54) is 58.8 Å². The lowest BCUT2D eigenvalue weighted by Crippen LogP contribution is -1.97. The minimum atomic E-state index is 0.909. The van der Waals surface area contributed by atoms with Crippen LogP contribution in [0.5, 0.6) is 11.5 Å². The molecule has 200 valence electrons. The van der Waals surface area contributed by atoms with Crippen molar-refractivity contribution in [2.75, 3.05) is 0 Å². The maximum Gasteiger partial charge on any atom is 0.136 e. The van der Waals surface area contributed by atoms with Gasteiger partial charge in [-0.2, -0.15) is 0 Å². The van der Waals surface area contributed by atoms with E-state index >= 15 is 0 Å². The normalized spacial score (nSPS) is 12.4. The number of thiophene rings is 1. The summed E-state index contributed by atoms with van der Waals surface area (Å²) in [5.74, 6) is 1.84. The van der Waals surface area contributed by atoms with Gasteiger partial charge >= 0.3 is 0 Å². The van der Waals surface area contributed by atoms with Crippen LogP contribution in [-0.2, 0) is 0 Å². The Morgan fingerprint density at radius 2 is 1.07 bits per heavy atom. The SMILES string of the molecule is c1cc2c3c(cccc3c1)-c1cc(-c3ccc4c(c3)sc3cc(-c5ccc6c(c5)oc5ccccc56)ccc34)ccc1O2. The van der Waals surface area contributed by atoms with Gasteiger partial charge in [0.2, 0.25) is 0 Å². The lowest BCUT2D eigenvalue weighted by molar-refractivity contribution is 0.487. The number of para-hydroxylation sites is 1. The van der Waals surface area contributed by atoms with Crippen molar-refractivity contribution in [3.63, 3.8) is 0 Å². The first kappa shape index (κ1) is 23.2. The maximum atomic E-state index is 6.33. The topological polar surface area (TPSA) is 22.4 Å². The second-order valence-corrected chi connectivity index (χ2v) is 12.4. The first-order valence-corrected chi connectivity index (χ1v) is 15.3. The van der Waals surface area contributed by atoms with Gasteiger partial charge in [0.05, 0.1) is 0 Å². The molecule has 0 atom stereocenters. The van der Waals surface area contributed by atoms with Gasteiger partial charge in [-0.25, -0.2) is 0 Å². The first-order valence-electron chi connectivity index (χ1n) is 14.5. The quantitative estimate of drug-likeness (QED) is 0.208. The van der Waals surface area contributed by atoms with E-state index in [9.17, 15) is 0 Å². The summed E-state index contributed by atoms with van der Waals surface area (Å²) < 4.78 is 15.1. The van der Waals surface area contributed by atoms with Gasteiger partial charge in [0.1, 0.15) is 22.7 Å². The van der Waals surface area contributed by atoms with Crippen molar-refractivity contribution in [2.24, 2.45) is 0 Å². The second-order valence-electron chi connectivity index (χ2n) is 11.3. The Labute approximate surface area is 251 Å². The summed E-state index contributed by atoms with van der Waals surface area (Å²) in [6.07, 6.45) is 0. The highest BCUT2D eigenvalue weighted by Gasteiger charge is 2.20. The summed E-state index contributed by atoms with van der Waals surface area (Å²) in [7, 11) is 0. The molecule has 7 aromatic carbocycles. The third-order valence-electron chi connectivity index (χ3n) is 8.87. The van der Waals surface area contributed by atoms with E-state index in [1.807, 2.05) is 23.5 Å². The van der Waals surface area contributed by atoms with Crippen LogP contribution < -0.4 is 4.74 Å². The van der Waals surface area contributed by atoms with Crippen molar-refractivity contribution >= 4 is 64.2 Å². The lowest BCUT2D eigenvalue weighted by Gasteiger charge is -2.22. The molecule has 3 heterocycles. The summed E-state index contributed by atoms with van der Waals surface area (Å²) in [5, 5.41) is 7.29. The molecule has 0 N–H and O–H groups in total. The molecule has 0 bridgehead atoms. The zero-order valence-corrected chi connectivity index (χ0v) is 23.7. The Hall–Kier alpha value is -5.38. The van der Waals surface area contributed by atoms with Gasteiger partial charge in [-0.1, -0.05) is 84.9 Å². The molecule has 1 aliphatic heterocycles. The number of ether oxygens (including phenoxy) is 1. The predicted molar refractivity (Wildman–Crippen MR) is 180 cm³/mol. The van der Waals surface area contributed by atoms with E-state index in [0.29, 0.717) is 0 Å². The van der Waals surface area contributed by atoms with Gasteiger partial charge in [-0.15, -0.1) is 11.3 Å². The number of benzene rings is 7.